The van der Waals surface area contributed by atoms with Gasteiger partial charge in [0.25, 0.3) is 0 Å². The van der Waals surface area contributed by atoms with Gasteiger partial charge in [-0.1, -0.05) is 0 Å². The fraction of sp³-hybridized carbons (Fsp3) is 0.211. The molecule has 0 aliphatic carbocycles. The van der Waals surface area contributed by atoms with E-state index in [0.29, 0.717) is 35.7 Å². The summed E-state index contributed by atoms with van der Waals surface area (Å²) in [5, 5.41) is 4.48. The minimum atomic E-state index is -4.46. The number of nitrogens with one attached hydrogen (secondary N) is 1. The van der Waals surface area contributed by atoms with Crippen LogP contribution in [-0.2, 0) is 12.6 Å². The molecule has 0 saturated heterocycles. The summed E-state index contributed by atoms with van der Waals surface area (Å²) in [7, 11) is 0. The maximum Gasteiger partial charge on any atom is 0.417 e. The lowest BCUT2D eigenvalue weighted by Crippen LogP contribution is -2.37. The maximum absolute atomic E-state index is 14.2. The average Bonchev–Trinajstić information content (AvgIpc) is 3.34. The van der Waals surface area contributed by atoms with Gasteiger partial charge >= 0.3 is 6.18 Å². The maximum atomic E-state index is 14.2. The minimum absolute atomic E-state index is 0.311. The monoisotopic (exact) mass is 402 g/mol. The topological polar surface area (TPSA) is 62.1 Å². The van der Waals surface area contributed by atoms with Crippen molar-refractivity contribution in [1.82, 2.24) is 24.6 Å². The molecular weight excluding hydrogens is 388 g/mol. The largest absolute Gasteiger partial charge is 0.417 e. The Balaban J connectivity index is 1.61. The van der Waals surface area contributed by atoms with Gasteiger partial charge in [-0.3, -0.25) is 0 Å². The zero-order valence-electron chi connectivity index (χ0n) is 14.9. The zero-order chi connectivity index (χ0) is 20.2. The highest BCUT2D eigenvalue weighted by atomic mass is 19.4. The number of hydrogen-bond donors (Lipinski definition) is 1. The molecule has 0 bridgehead atoms. The summed E-state index contributed by atoms with van der Waals surface area (Å²) in [6.07, 6.45) is 0.183. The van der Waals surface area contributed by atoms with Crippen LogP contribution in [-0.4, -0.2) is 31.1 Å². The van der Waals surface area contributed by atoms with Crippen LogP contribution in [0.5, 0.6) is 0 Å². The molecule has 29 heavy (non-hydrogen) atoms. The molecule has 0 amide bonds. The van der Waals surface area contributed by atoms with E-state index in [4.69, 9.17) is 0 Å². The van der Waals surface area contributed by atoms with Gasteiger partial charge in [-0.15, -0.1) is 0 Å². The summed E-state index contributed by atoms with van der Waals surface area (Å²) in [5.41, 5.74) is 1.64. The van der Waals surface area contributed by atoms with Gasteiger partial charge in [0.05, 0.1) is 23.3 Å². The van der Waals surface area contributed by atoms with Crippen molar-refractivity contribution in [2.75, 3.05) is 11.4 Å². The molecule has 0 aromatic carbocycles. The first-order chi connectivity index (χ1) is 13.9. The molecule has 148 valence electrons. The Morgan fingerprint density at radius 3 is 2.72 bits per heavy atom. The Bertz CT molecular complexity index is 1180. The highest BCUT2D eigenvalue weighted by Gasteiger charge is 2.35. The molecule has 1 aliphatic heterocycles. The van der Waals surface area contributed by atoms with Gasteiger partial charge < -0.3 is 9.88 Å². The van der Waals surface area contributed by atoms with E-state index in [1.165, 1.54) is 16.6 Å². The second-order valence-electron chi connectivity index (χ2n) is 6.77. The van der Waals surface area contributed by atoms with E-state index in [-0.39, 0.29) is 0 Å². The van der Waals surface area contributed by atoms with Gasteiger partial charge in [0.1, 0.15) is 23.2 Å². The second-order valence-corrected chi connectivity index (χ2v) is 6.77. The summed E-state index contributed by atoms with van der Waals surface area (Å²) in [6, 6.07) is 6.35. The lowest BCUT2D eigenvalue weighted by molar-refractivity contribution is -0.137. The molecule has 1 aliphatic rings. The first kappa shape index (κ1) is 17.7. The lowest BCUT2D eigenvalue weighted by Gasteiger charge is -2.34. The predicted molar refractivity (Wildman–Crippen MR) is 95.9 cm³/mol. The Labute approximate surface area is 161 Å². The lowest BCUT2D eigenvalue weighted by atomic mass is 9.99. The van der Waals surface area contributed by atoms with E-state index in [0.717, 1.165) is 18.0 Å². The van der Waals surface area contributed by atoms with Gasteiger partial charge in [0.15, 0.2) is 0 Å². The van der Waals surface area contributed by atoms with E-state index in [1.54, 1.807) is 24.7 Å². The number of H-pyrrole nitrogens is 1. The first-order valence-electron chi connectivity index (χ1n) is 8.87. The number of aromatic amines is 1. The van der Waals surface area contributed by atoms with Crippen molar-refractivity contribution >= 4 is 11.3 Å². The van der Waals surface area contributed by atoms with Crippen molar-refractivity contribution in [3.63, 3.8) is 0 Å². The third-order valence-electron chi connectivity index (χ3n) is 5.04. The molecule has 0 radical (unpaired) electrons. The molecule has 1 atom stereocenters. The van der Waals surface area contributed by atoms with Crippen LogP contribution in [0.25, 0.3) is 5.52 Å². The quantitative estimate of drug-likeness (QED) is 0.519. The molecule has 5 heterocycles. The first-order valence-corrected chi connectivity index (χ1v) is 8.87. The zero-order valence-corrected chi connectivity index (χ0v) is 14.9. The van der Waals surface area contributed by atoms with Gasteiger partial charge in [-0.2, -0.15) is 18.3 Å². The van der Waals surface area contributed by atoms with Crippen LogP contribution < -0.4 is 4.90 Å². The normalized spacial score (nSPS) is 17.0. The number of pyridine rings is 2. The molecule has 0 unspecified atom stereocenters. The van der Waals surface area contributed by atoms with Gasteiger partial charge in [0, 0.05) is 31.1 Å². The van der Waals surface area contributed by atoms with E-state index in [1.807, 2.05) is 4.90 Å². The van der Waals surface area contributed by atoms with E-state index < -0.39 is 23.6 Å². The van der Waals surface area contributed by atoms with Crippen molar-refractivity contribution in [2.45, 2.75) is 18.6 Å². The molecule has 0 spiro atoms. The molecule has 0 fully saturated rings. The number of alkyl halides is 3. The number of halogens is 4. The molecular formula is C19H14F4N6. The van der Waals surface area contributed by atoms with Crippen LogP contribution in [0.4, 0.5) is 23.4 Å². The number of imidazole rings is 1. The van der Waals surface area contributed by atoms with Crippen LogP contribution in [0, 0.1) is 5.82 Å². The molecule has 4 aromatic rings. The number of rotatable bonds is 2. The van der Waals surface area contributed by atoms with Gasteiger partial charge in [0.2, 0.25) is 0 Å². The second kappa shape index (κ2) is 6.29. The highest BCUT2D eigenvalue weighted by Crippen LogP contribution is 2.37. The Morgan fingerprint density at radius 2 is 2.00 bits per heavy atom. The standard InChI is InChI=1S/C19H14F4N6/c20-12-2-1-6-29-15(12)8-14(27-29)18-17-13(25-10-26-17)5-7-28(18)16-4-3-11(9-24-16)19(21,22)23/h1-4,6,8-10,18H,5,7H2,(H,25,26)/t18-/m1/s1. The number of aromatic nitrogens is 5. The van der Waals surface area contributed by atoms with E-state index in [2.05, 4.69) is 20.1 Å². The number of anilines is 1. The minimum Gasteiger partial charge on any atom is -0.348 e. The summed E-state index contributed by atoms with van der Waals surface area (Å²) in [5.74, 6) is -0.0438. The number of hydrogen-bond acceptors (Lipinski definition) is 4. The SMILES string of the molecule is Fc1cccn2nc([C@@H]3c4nc[nH]c4CCN3c3ccc(C(F)(F)F)cn3)cc12. The summed E-state index contributed by atoms with van der Waals surface area (Å²) >= 11 is 0. The van der Waals surface area contributed by atoms with Crippen LogP contribution in [0.3, 0.4) is 0 Å². The van der Waals surface area contributed by atoms with Crippen molar-refractivity contribution in [2.24, 2.45) is 0 Å². The van der Waals surface area contributed by atoms with Gasteiger partial charge in [-0.05, 0) is 30.3 Å². The van der Waals surface area contributed by atoms with Gasteiger partial charge in [-0.25, -0.2) is 18.9 Å². The van der Waals surface area contributed by atoms with Crippen molar-refractivity contribution in [3.8, 4) is 0 Å². The molecule has 10 heteroatoms. The van der Waals surface area contributed by atoms with Crippen molar-refractivity contribution < 1.29 is 17.6 Å². The number of fused-ring (bicyclic) bond motifs is 2. The van der Waals surface area contributed by atoms with Crippen LogP contribution >= 0.6 is 0 Å². The molecule has 0 saturated carbocycles. The fourth-order valence-corrected chi connectivity index (χ4v) is 3.68. The third-order valence-corrected chi connectivity index (χ3v) is 5.04. The van der Waals surface area contributed by atoms with E-state index in [9.17, 15) is 17.6 Å². The summed E-state index contributed by atoms with van der Waals surface area (Å²) in [6.45, 7) is 0.495. The molecule has 6 nitrogen and oxygen atoms in total. The number of nitrogens with zero attached hydrogens (tertiary/aromatic N) is 5. The van der Waals surface area contributed by atoms with Crippen LogP contribution in [0.2, 0.25) is 0 Å². The van der Waals surface area contributed by atoms with Crippen LogP contribution in [0.1, 0.15) is 28.7 Å². The van der Waals surface area contributed by atoms with E-state index >= 15 is 0 Å². The van der Waals surface area contributed by atoms with Crippen LogP contribution in [0.15, 0.2) is 49.1 Å². The fourth-order valence-electron chi connectivity index (χ4n) is 3.68. The Morgan fingerprint density at radius 1 is 1.14 bits per heavy atom. The highest BCUT2D eigenvalue weighted by molar-refractivity contribution is 5.54. The Hall–Kier alpha value is -3.43. The molecule has 5 rings (SSSR count). The Kier molecular flexibility index (Phi) is 3.83. The summed E-state index contributed by atoms with van der Waals surface area (Å²) < 4.78 is 54.3. The van der Waals surface area contributed by atoms with Crippen molar-refractivity contribution in [3.05, 3.63) is 77.5 Å². The smallest absolute Gasteiger partial charge is 0.348 e. The van der Waals surface area contributed by atoms with Crippen molar-refractivity contribution in [1.29, 1.82) is 0 Å². The predicted octanol–water partition coefficient (Wildman–Crippen LogP) is 3.76. The molecule has 4 aromatic heterocycles. The average molecular weight is 402 g/mol. The molecule has 1 N–H and O–H groups in total. The summed E-state index contributed by atoms with van der Waals surface area (Å²) in [4.78, 5) is 13.3. The third kappa shape index (κ3) is 2.91.